The quantitative estimate of drug-likeness (QED) is 0.913. The number of fused-ring (bicyclic) bond motifs is 1. The van der Waals surface area contributed by atoms with Crippen LogP contribution in [0.2, 0.25) is 0 Å². The number of nitrogens with zero attached hydrogens (tertiary/aromatic N) is 2. The molecule has 21 heavy (non-hydrogen) atoms. The van der Waals surface area contributed by atoms with E-state index in [9.17, 15) is 4.79 Å². The summed E-state index contributed by atoms with van der Waals surface area (Å²) in [6.07, 6.45) is 0. The minimum atomic E-state index is 0.0988. The molecule has 0 saturated carbocycles. The SMILES string of the molecule is COc1ccc2cc(C(=O)N3CCNC[C@@H]3C)n(C)c2c1. The van der Waals surface area contributed by atoms with Crippen molar-refractivity contribution < 1.29 is 9.53 Å². The average Bonchev–Trinajstić information content (AvgIpc) is 2.83. The molecular weight excluding hydrogens is 266 g/mol. The highest BCUT2D eigenvalue weighted by Crippen LogP contribution is 2.25. The van der Waals surface area contributed by atoms with E-state index >= 15 is 0 Å². The number of carbonyl (C=O) groups is 1. The van der Waals surface area contributed by atoms with Crippen LogP contribution in [0.5, 0.6) is 5.75 Å². The number of ether oxygens (including phenoxy) is 1. The molecule has 1 aromatic heterocycles. The van der Waals surface area contributed by atoms with E-state index in [2.05, 4.69) is 12.2 Å². The molecule has 1 aliphatic heterocycles. The van der Waals surface area contributed by atoms with E-state index in [4.69, 9.17) is 4.74 Å². The Hall–Kier alpha value is -2.01. The Morgan fingerprint density at radius 1 is 1.38 bits per heavy atom. The summed E-state index contributed by atoms with van der Waals surface area (Å²) in [6, 6.07) is 8.06. The lowest BCUT2D eigenvalue weighted by atomic mass is 10.2. The number of hydrogen-bond acceptors (Lipinski definition) is 3. The van der Waals surface area contributed by atoms with E-state index in [1.165, 1.54) is 0 Å². The molecule has 1 N–H and O–H groups in total. The summed E-state index contributed by atoms with van der Waals surface area (Å²) in [5.41, 5.74) is 1.74. The standard InChI is InChI=1S/C16H21N3O2/c1-11-10-17-6-7-19(11)16(20)15-8-12-4-5-13(21-3)9-14(12)18(15)2/h4-5,8-9,11,17H,6-7,10H2,1-3H3/t11-/m0/s1. The van der Waals surface area contributed by atoms with Crippen molar-refractivity contribution in [3.63, 3.8) is 0 Å². The molecular formula is C16H21N3O2. The number of rotatable bonds is 2. The molecule has 0 radical (unpaired) electrons. The molecule has 1 aliphatic rings. The Morgan fingerprint density at radius 3 is 2.90 bits per heavy atom. The van der Waals surface area contributed by atoms with Crippen LogP contribution in [0.4, 0.5) is 0 Å². The third kappa shape index (κ3) is 2.38. The zero-order chi connectivity index (χ0) is 15.0. The molecule has 0 unspecified atom stereocenters. The van der Waals surface area contributed by atoms with Gasteiger partial charge in [0.1, 0.15) is 11.4 Å². The van der Waals surface area contributed by atoms with E-state index in [0.29, 0.717) is 0 Å². The highest BCUT2D eigenvalue weighted by Gasteiger charge is 2.26. The van der Waals surface area contributed by atoms with Gasteiger partial charge in [-0.1, -0.05) is 0 Å². The number of methoxy groups -OCH3 is 1. The summed E-state index contributed by atoms with van der Waals surface area (Å²) in [5.74, 6) is 0.903. The number of hydrogen-bond donors (Lipinski definition) is 1. The summed E-state index contributed by atoms with van der Waals surface area (Å²) in [5, 5.41) is 4.37. The molecule has 0 bridgehead atoms. The fourth-order valence-corrected chi connectivity index (χ4v) is 2.93. The topological polar surface area (TPSA) is 46.5 Å². The minimum absolute atomic E-state index is 0.0988. The number of benzene rings is 1. The van der Waals surface area contributed by atoms with Crippen LogP contribution in [0.1, 0.15) is 17.4 Å². The van der Waals surface area contributed by atoms with Crippen molar-refractivity contribution in [3.05, 3.63) is 30.0 Å². The van der Waals surface area contributed by atoms with Gasteiger partial charge in [0.05, 0.1) is 12.6 Å². The lowest BCUT2D eigenvalue weighted by Gasteiger charge is -2.34. The molecule has 1 aromatic carbocycles. The number of piperazine rings is 1. The Balaban J connectivity index is 2.00. The summed E-state index contributed by atoms with van der Waals surface area (Å²) >= 11 is 0. The Kier molecular flexibility index (Phi) is 3.59. The van der Waals surface area contributed by atoms with Crippen molar-refractivity contribution in [1.29, 1.82) is 0 Å². The van der Waals surface area contributed by atoms with Gasteiger partial charge < -0.3 is 19.5 Å². The lowest BCUT2D eigenvalue weighted by Crippen LogP contribution is -2.52. The summed E-state index contributed by atoms with van der Waals surface area (Å²) < 4.78 is 7.22. The van der Waals surface area contributed by atoms with Crippen LogP contribution in [0.15, 0.2) is 24.3 Å². The molecule has 2 heterocycles. The second kappa shape index (κ2) is 5.41. The van der Waals surface area contributed by atoms with Crippen LogP contribution >= 0.6 is 0 Å². The second-order valence-corrected chi connectivity index (χ2v) is 5.57. The van der Waals surface area contributed by atoms with Gasteiger partial charge >= 0.3 is 0 Å². The van der Waals surface area contributed by atoms with Crippen LogP contribution in [-0.2, 0) is 7.05 Å². The predicted molar refractivity (Wildman–Crippen MR) is 82.8 cm³/mol. The molecule has 1 atom stereocenters. The van der Waals surface area contributed by atoms with Gasteiger partial charge in [-0.25, -0.2) is 0 Å². The zero-order valence-corrected chi connectivity index (χ0v) is 12.7. The smallest absolute Gasteiger partial charge is 0.270 e. The molecule has 3 rings (SSSR count). The molecule has 112 valence electrons. The molecule has 1 fully saturated rings. The van der Waals surface area contributed by atoms with Gasteiger partial charge in [-0.15, -0.1) is 0 Å². The van der Waals surface area contributed by atoms with Crippen LogP contribution in [0.3, 0.4) is 0 Å². The lowest BCUT2D eigenvalue weighted by molar-refractivity contribution is 0.0646. The molecule has 0 spiro atoms. The van der Waals surface area contributed by atoms with E-state index < -0.39 is 0 Å². The first kappa shape index (κ1) is 13.9. The maximum absolute atomic E-state index is 12.8. The van der Waals surface area contributed by atoms with Gasteiger partial charge in [0.2, 0.25) is 0 Å². The first-order valence-electron chi connectivity index (χ1n) is 7.27. The normalized spacial score (nSPS) is 19.0. The second-order valence-electron chi connectivity index (χ2n) is 5.57. The Bertz CT molecular complexity index is 677. The van der Waals surface area contributed by atoms with Crippen molar-refractivity contribution in [2.24, 2.45) is 7.05 Å². The van der Waals surface area contributed by atoms with Gasteiger partial charge in [-0.2, -0.15) is 0 Å². The Morgan fingerprint density at radius 2 is 2.19 bits per heavy atom. The van der Waals surface area contributed by atoms with Crippen LogP contribution in [-0.4, -0.2) is 48.2 Å². The van der Waals surface area contributed by atoms with E-state index in [1.54, 1.807) is 7.11 Å². The van der Waals surface area contributed by atoms with Crippen molar-refractivity contribution in [2.45, 2.75) is 13.0 Å². The summed E-state index contributed by atoms with van der Waals surface area (Å²) in [7, 11) is 3.58. The number of amides is 1. The number of carbonyl (C=O) groups excluding carboxylic acids is 1. The zero-order valence-electron chi connectivity index (χ0n) is 12.7. The highest BCUT2D eigenvalue weighted by molar-refractivity contribution is 5.99. The Labute approximate surface area is 124 Å². The number of aryl methyl sites for hydroxylation is 1. The van der Waals surface area contributed by atoms with Crippen LogP contribution in [0, 0.1) is 0 Å². The number of nitrogens with one attached hydrogen (secondary N) is 1. The molecule has 5 nitrogen and oxygen atoms in total. The van der Waals surface area contributed by atoms with E-state index in [0.717, 1.165) is 42.0 Å². The van der Waals surface area contributed by atoms with Gasteiger partial charge in [0.15, 0.2) is 0 Å². The molecule has 1 saturated heterocycles. The van der Waals surface area contributed by atoms with E-state index in [-0.39, 0.29) is 11.9 Å². The van der Waals surface area contributed by atoms with Gasteiger partial charge in [-0.05, 0) is 25.1 Å². The number of aromatic nitrogens is 1. The summed E-state index contributed by atoms with van der Waals surface area (Å²) in [4.78, 5) is 14.7. The van der Waals surface area contributed by atoms with Crippen LogP contribution < -0.4 is 10.1 Å². The maximum Gasteiger partial charge on any atom is 0.270 e. The first-order valence-corrected chi connectivity index (χ1v) is 7.27. The molecule has 5 heteroatoms. The molecule has 0 aliphatic carbocycles. The highest BCUT2D eigenvalue weighted by atomic mass is 16.5. The van der Waals surface area contributed by atoms with Gasteiger partial charge in [0.25, 0.3) is 5.91 Å². The minimum Gasteiger partial charge on any atom is -0.497 e. The van der Waals surface area contributed by atoms with E-state index in [1.807, 2.05) is 40.8 Å². The monoisotopic (exact) mass is 287 g/mol. The third-order valence-corrected chi connectivity index (χ3v) is 4.23. The van der Waals surface area contributed by atoms with Crippen molar-refractivity contribution >= 4 is 16.8 Å². The maximum atomic E-state index is 12.8. The van der Waals surface area contributed by atoms with Crippen molar-refractivity contribution in [2.75, 3.05) is 26.7 Å². The van der Waals surface area contributed by atoms with Crippen LogP contribution in [0.25, 0.3) is 10.9 Å². The molecule has 1 amide bonds. The fourth-order valence-electron chi connectivity index (χ4n) is 2.93. The first-order chi connectivity index (χ1) is 10.1. The fraction of sp³-hybridized carbons (Fsp3) is 0.438. The van der Waals surface area contributed by atoms with Gasteiger partial charge in [-0.3, -0.25) is 4.79 Å². The average molecular weight is 287 g/mol. The van der Waals surface area contributed by atoms with Crippen molar-refractivity contribution in [1.82, 2.24) is 14.8 Å². The third-order valence-electron chi connectivity index (χ3n) is 4.23. The largest absolute Gasteiger partial charge is 0.497 e. The predicted octanol–water partition coefficient (Wildman–Crippen LogP) is 1.62. The molecule has 2 aromatic rings. The van der Waals surface area contributed by atoms with Gasteiger partial charge in [0, 0.05) is 44.2 Å². The summed E-state index contributed by atoms with van der Waals surface area (Å²) in [6.45, 7) is 4.54. The van der Waals surface area contributed by atoms with Crippen molar-refractivity contribution in [3.8, 4) is 5.75 Å².